The monoisotopic (exact) mass is 528 g/mol. The molecule has 1 aliphatic rings. The summed E-state index contributed by atoms with van der Waals surface area (Å²) >= 11 is 0.995. The lowest BCUT2D eigenvalue weighted by atomic mass is 10.0. The lowest BCUT2D eigenvalue weighted by molar-refractivity contribution is 0.220. The highest BCUT2D eigenvalue weighted by molar-refractivity contribution is 7.13. The Kier molecular flexibility index (Phi) is 5.67. The molecule has 0 spiro atoms. The van der Waals surface area contributed by atoms with E-state index in [2.05, 4.69) is 40.0 Å². The minimum Gasteiger partial charge on any atom is -0.336 e. The summed E-state index contributed by atoms with van der Waals surface area (Å²) in [7, 11) is 0. The number of hydrogen-bond donors (Lipinski definition) is 2. The van der Waals surface area contributed by atoms with Crippen LogP contribution in [0.4, 0.5) is 8.78 Å². The highest BCUT2D eigenvalue weighted by atomic mass is 32.1. The second kappa shape index (κ2) is 9.34. The Morgan fingerprint density at radius 2 is 1.87 bits per heavy atom. The summed E-state index contributed by atoms with van der Waals surface area (Å²) in [6.07, 6.45) is 10.3. The topological polar surface area (TPSA) is 99.3 Å². The van der Waals surface area contributed by atoms with Crippen molar-refractivity contribution >= 4 is 33.4 Å². The molecule has 0 aliphatic carbocycles. The number of nitrogens with zero attached hydrogens (tertiary/aromatic N) is 6. The van der Waals surface area contributed by atoms with Crippen molar-refractivity contribution in [3.8, 4) is 33.2 Å². The molecule has 1 fully saturated rings. The number of fused-ring (bicyclic) bond motifs is 2. The smallest absolute Gasteiger partial charge is 0.177 e. The maximum Gasteiger partial charge on any atom is 0.177 e. The van der Waals surface area contributed by atoms with E-state index in [1.807, 2.05) is 12.3 Å². The maximum absolute atomic E-state index is 16.1. The van der Waals surface area contributed by atoms with Gasteiger partial charge in [0.2, 0.25) is 0 Å². The average molecular weight is 529 g/mol. The summed E-state index contributed by atoms with van der Waals surface area (Å²) in [5.74, 6) is -0.0813. The highest BCUT2D eigenvalue weighted by Crippen LogP contribution is 2.35. The van der Waals surface area contributed by atoms with Gasteiger partial charge in [-0.25, -0.2) is 14.4 Å². The fourth-order valence-electron chi connectivity index (χ4n) is 5.09. The van der Waals surface area contributed by atoms with Crippen LogP contribution in [0.3, 0.4) is 0 Å². The van der Waals surface area contributed by atoms with Crippen molar-refractivity contribution < 1.29 is 8.78 Å². The van der Waals surface area contributed by atoms with Crippen molar-refractivity contribution in [3.05, 3.63) is 65.6 Å². The first-order valence-electron chi connectivity index (χ1n) is 12.4. The number of pyridine rings is 3. The van der Waals surface area contributed by atoms with Gasteiger partial charge in [0.25, 0.3) is 0 Å². The Morgan fingerprint density at radius 3 is 2.71 bits per heavy atom. The predicted molar refractivity (Wildman–Crippen MR) is 142 cm³/mol. The molecular formula is C27H22F2N8S. The van der Waals surface area contributed by atoms with Gasteiger partial charge in [-0.15, -0.1) is 11.3 Å². The number of piperidine rings is 1. The minimum absolute atomic E-state index is 0.236. The quantitative estimate of drug-likeness (QED) is 0.287. The van der Waals surface area contributed by atoms with Gasteiger partial charge in [0.1, 0.15) is 22.7 Å². The second-order valence-corrected chi connectivity index (χ2v) is 10.5. The fourth-order valence-corrected chi connectivity index (χ4v) is 5.82. The van der Waals surface area contributed by atoms with Crippen LogP contribution in [-0.2, 0) is 6.54 Å². The summed E-state index contributed by atoms with van der Waals surface area (Å²) in [5, 5.41) is 7.09. The van der Waals surface area contributed by atoms with E-state index >= 15 is 4.39 Å². The number of nitrogens with one attached hydrogen (secondary N) is 2. The summed E-state index contributed by atoms with van der Waals surface area (Å²) in [5.41, 5.74) is 4.47. The molecule has 0 radical (unpaired) electrons. The molecule has 1 saturated heterocycles. The molecule has 11 heteroatoms. The van der Waals surface area contributed by atoms with Gasteiger partial charge in [0.15, 0.2) is 16.6 Å². The molecule has 190 valence electrons. The molecule has 0 amide bonds. The van der Waals surface area contributed by atoms with Gasteiger partial charge >= 0.3 is 0 Å². The molecule has 6 aromatic rings. The molecular weight excluding hydrogens is 506 g/mol. The van der Waals surface area contributed by atoms with Gasteiger partial charge < -0.3 is 4.98 Å². The van der Waals surface area contributed by atoms with Gasteiger partial charge in [0.05, 0.1) is 15.8 Å². The van der Waals surface area contributed by atoms with Gasteiger partial charge in [-0.2, -0.15) is 9.49 Å². The van der Waals surface area contributed by atoms with Crippen molar-refractivity contribution in [1.29, 1.82) is 0 Å². The SMILES string of the molecule is Fc1ccc(-c2nccc3[nH]c(-c4n[nH]c5ncc(-c6cncc(CN7CCCCC7)c6)c(F)c45)nc23)s1. The molecule has 2 N–H and O–H groups in total. The van der Waals surface area contributed by atoms with E-state index in [-0.39, 0.29) is 10.5 Å². The van der Waals surface area contributed by atoms with Crippen LogP contribution in [0.25, 0.3) is 55.3 Å². The number of thiophene rings is 1. The first kappa shape index (κ1) is 23.1. The first-order chi connectivity index (χ1) is 18.6. The van der Waals surface area contributed by atoms with E-state index in [9.17, 15) is 4.39 Å². The van der Waals surface area contributed by atoms with Crippen LogP contribution in [-0.4, -0.2) is 53.1 Å². The van der Waals surface area contributed by atoms with Crippen LogP contribution in [0.2, 0.25) is 0 Å². The standard InChI is InChI=1S/C27H22F2N8S/c28-20-5-4-19(38-20)24-23-18(6-7-31-24)33-27(34-23)25-21-22(29)17(13-32-26(21)36-35-25)16-10-15(11-30-12-16)14-37-8-2-1-3-9-37/h4-7,10-13H,1-3,8-9,14H2,(H,33,34)(H,32,35,36). The Bertz CT molecular complexity index is 1780. The van der Waals surface area contributed by atoms with E-state index < -0.39 is 5.82 Å². The van der Waals surface area contributed by atoms with Gasteiger partial charge in [0, 0.05) is 42.5 Å². The molecule has 38 heavy (non-hydrogen) atoms. The third kappa shape index (κ3) is 4.04. The molecule has 1 aliphatic heterocycles. The van der Waals surface area contributed by atoms with Crippen molar-refractivity contribution in [1.82, 2.24) is 40.0 Å². The van der Waals surface area contributed by atoms with E-state index in [4.69, 9.17) is 0 Å². The summed E-state index contributed by atoms with van der Waals surface area (Å²) in [6.45, 7) is 2.93. The molecule has 0 bridgehead atoms. The lowest BCUT2D eigenvalue weighted by Gasteiger charge is -2.26. The zero-order valence-corrected chi connectivity index (χ0v) is 21.0. The Balaban J connectivity index is 1.29. The summed E-state index contributed by atoms with van der Waals surface area (Å²) in [4.78, 5) is 24.2. The van der Waals surface area contributed by atoms with Gasteiger partial charge in [-0.1, -0.05) is 6.42 Å². The van der Waals surface area contributed by atoms with Gasteiger partial charge in [-0.05, 0) is 55.8 Å². The Hall–Kier alpha value is -4.09. The lowest BCUT2D eigenvalue weighted by Crippen LogP contribution is -2.29. The number of aromatic nitrogens is 7. The maximum atomic E-state index is 16.1. The van der Waals surface area contributed by atoms with E-state index in [1.54, 1.807) is 24.5 Å². The van der Waals surface area contributed by atoms with Crippen LogP contribution in [0.5, 0.6) is 0 Å². The highest BCUT2D eigenvalue weighted by Gasteiger charge is 2.22. The van der Waals surface area contributed by atoms with Crippen LogP contribution >= 0.6 is 11.3 Å². The average Bonchev–Trinajstić information content (AvgIpc) is 3.67. The molecule has 8 nitrogen and oxygen atoms in total. The van der Waals surface area contributed by atoms with Crippen LogP contribution in [0.1, 0.15) is 24.8 Å². The summed E-state index contributed by atoms with van der Waals surface area (Å²) in [6, 6.07) is 6.82. The zero-order valence-electron chi connectivity index (χ0n) is 20.2. The molecule has 0 aromatic carbocycles. The van der Waals surface area contributed by atoms with Crippen molar-refractivity contribution in [2.24, 2.45) is 0 Å². The number of imidazole rings is 1. The third-order valence-corrected chi connectivity index (χ3v) is 7.80. The number of H-pyrrole nitrogens is 2. The number of likely N-dealkylation sites (tertiary alicyclic amines) is 1. The number of halogens is 2. The molecule has 7 rings (SSSR count). The molecule has 0 unspecified atom stereocenters. The molecule has 6 aromatic heterocycles. The van der Waals surface area contributed by atoms with E-state index in [0.717, 1.165) is 36.5 Å². The molecule has 7 heterocycles. The first-order valence-corrected chi connectivity index (χ1v) is 13.3. The normalized spacial score (nSPS) is 14.6. The fraction of sp³-hybridized carbons (Fsp3) is 0.222. The van der Waals surface area contributed by atoms with E-state index in [0.29, 0.717) is 49.9 Å². The predicted octanol–water partition coefficient (Wildman–Crippen LogP) is 5.95. The van der Waals surface area contributed by atoms with Crippen molar-refractivity contribution in [2.45, 2.75) is 25.8 Å². The largest absolute Gasteiger partial charge is 0.336 e. The summed E-state index contributed by atoms with van der Waals surface area (Å²) < 4.78 is 29.8. The Labute approximate surface area is 219 Å². The van der Waals surface area contributed by atoms with Gasteiger partial charge in [-0.3, -0.25) is 20.0 Å². The van der Waals surface area contributed by atoms with Crippen LogP contribution < -0.4 is 0 Å². The third-order valence-electron chi connectivity index (χ3n) is 6.92. The van der Waals surface area contributed by atoms with E-state index in [1.165, 1.54) is 31.5 Å². The molecule has 0 saturated carbocycles. The minimum atomic E-state index is -0.449. The Morgan fingerprint density at radius 1 is 0.974 bits per heavy atom. The van der Waals surface area contributed by atoms with Crippen molar-refractivity contribution in [3.63, 3.8) is 0 Å². The second-order valence-electron chi connectivity index (χ2n) is 9.45. The van der Waals surface area contributed by atoms with Crippen LogP contribution in [0, 0.1) is 10.9 Å². The zero-order chi connectivity index (χ0) is 25.6. The van der Waals surface area contributed by atoms with Crippen LogP contribution in [0.15, 0.2) is 49.1 Å². The number of hydrogen-bond acceptors (Lipinski definition) is 7. The number of aromatic amines is 2. The molecule has 0 atom stereocenters. The van der Waals surface area contributed by atoms with Crippen molar-refractivity contribution in [2.75, 3.05) is 13.1 Å². The number of rotatable bonds is 5.